The summed E-state index contributed by atoms with van der Waals surface area (Å²) in [5.41, 5.74) is 5.55. The minimum absolute atomic E-state index is 0.0151. The van der Waals surface area contributed by atoms with Crippen LogP contribution in [0.3, 0.4) is 0 Å². The number of thioether (sulfide) groups is 1. The number of nitrogen functional groups attached to an aromatic ring is 1. The standard InChI is InChI=1S/C14H19ClFNO2S/c1-4-5-19-14(18)13(8(2)3)20-12-7-11(17)10(16)6-9(12)15/h6-8,13H,4-5,17H2,1-3H3. The van der Waals surface area contributed by atoms with Gasteiger partial charge in [0.05, 0.1) is 17.3 Å². The maximum atomic E-state index is 13.3. The molecule has 0 saturated carbocycles. The molecule has 3 nitrogen and oxygen atoms in total. The molecule has 0 aliphatic rings. The maximum Gasteiger partial charge on any atom is 0.319 e. The van der Waals surface area contributed by atoms with Gasteiger partial charge in [0.1, 0.15) is 11.1 Å². The average molecular weight is 320 g/mol. The van der Waals surface area contributed by atoms with Crippen molar-refractivity contribution in [2.24, 2.45) is 5.92 Å². The molecule has 0 radical (unpaired) electrons. The molecule has 0 aliphatic heterocycles. The number of halogens is 2. The molecular weight excluding hydrogens is 301 g/mol. The Morgan fingerprint density at radius 1 is 1.50 bits per heavy atom. The number of nitrogens with two attached hydrogens (primary N) is 1. The number of carbonyl (C=O) groups is 1. The number of benzene rings is 1. The number of rotatable bonds is 6. The molecular formula is C14H19ClFNO2S. The predicted molar refractivity (Wildman–Crippen MR) is 81.6 cm³/mol. The van der Waals surface area contributed by atoms with Crippen LogP contribution in [-0.4, -0.2) is 17.8 Å². The van der Waals surface area contributed by atoms with Crippen LogP contribution in [0.2, 0.25) is 5.02 Å². The minimum atomic E-state index is -0.561. The number of esters is 1. The number of hydrogen-bond donors (Lipinski definition) is 1. The Morgan fingerprint density at radius 2 is 2.15 bits per heavy atom. The zero-order chi connectivity index (χ0) is 15.3. The van der Waals surface area contributed by atoms with Gasteiger partial charge in [0, 0.05) is 4.90 Å². The van der Waals surface area contributed by atoms with Gasteiger partial charge in [0.15, 0.2) is 0 Å². The third kappa shape index (κ3) is 4.56. The summed E-state index contributed by atoms with van der Waals surface area (Å²) in [7, 11) is 0. The van der Waals surface area contributed by atoms with Crippen molar-refractivity contribution in [1.29, 1.82) is 0 Å². The lowest BCUT2D eigenvalue weighted by Gasteiger charge is -2.19. The van der Waals surface area contributed by atoms with Gasteiger partial charge >= 0.3 is 5.97 Å². The Morgan fingerprint density at radius 3 is 2.70 bits per heavy atom. The molecule has 0 aliphatic carbocycles. The van der Waals surface area contributed by atoms with E-state index in [2.05, 4.69) is 0 Å². The fraction of sp³-hybridized carbons (Fsp3) is 0.500. The van der Waals surface area contributed by atoms with E-state index in [1.165, 1.54) is 17.8 Å². The predicted octanol–water partition coefficient (Wildman–Crippen LogP) is 4.13. The van der Waals surface area contributed by atoms with E-state index >= 15 is 0 Å². The highest BCUT2D eigenvalue weighted by molar-refractivity contribution is 8.00. The highest BCUT2D eigenvalue weighted by atomic mass is 35.5. The van der Waals surface area contributed by atoms with Gasteiger partial charge in [0.25, 0.3) is 0 Å². The Balaban J connectivity index is 2.91. The lowest BCUT2D eigenvalue weighted by Crippen LogP contribution is -2.25. The summed E-state index contributed by atoms with van der Waals surface area (Å²) in [6.45, 7) is 6.17. The van der Waals surface area contributed by atoms with Crippen molar-refractivity contribution in [2.45, 2.75) is 37.3 Å². The van der Waals surface area contributed by atoms with Crippen molar-refractivity contribution in [1.82, 2.24) is 0 Å². The van der Waals surface area contributed by atoms with Gasteiger partial charge < -0.3 is 10.5 Å². The first-order valence-corrected chi connectivity index (χ1v) is 7.70. The van der Waals surface area contributed by atoms with Crippen LogP contribution in [0.5, 0.6) is 0 Å². The highest BCUT2D eigenvalue weighted by Gasteiger charge is 2.26. The Kier molecular flexibility index (Phi) is 6.62. The molecule has 20 heavy (non-hydrogen) atoms. The van der Waals surface area contributed by atoms with E-state index in [1.54, 1.807) is 0 Å². The average Bonchev–Trinajstić information content (AvgIpc) is 2.38. The fourth-order valence-electron chi connectivity index (χ4n) is 1.51. The molecule has 1 unspecified atom stereocenters. The molecule has 1 rings (SSSR count). The van der Waals surface area contributed by atoms with Gasteiger partial charge in [-0.1, -0.05) is 32.4 Å². The molecule has 1 aromatic rings. The number of ether oxygens (including phenoxy) is 1. The number of anilines is 1. The third-order valence-electron chi connectivity index (χ3n) is 2.59. The van der Waals surface area contributed by atoms with E-state index < -0.39 is 11.1 Å². The summed E-state index contributed by atoms with van der Waals surface area (Å²) < 4.78 is 18.4. The van der Waals surface area contributed by atoms with Crippen LogP contribution in [0, 0.1) is 11.7 Å². The van der Waals surface area contributed by atoms with Gasteiger partial charge in [-0.2, -0.15) is 0 Å². The van der Waals surface area contributed by atoms with Crippen molar-refractivity contribution in [2.75, 3.05) is 12.3 Å². The molecule has 1 aromatic carbocycles. The van der Waals surface area contributed by atoms with Crippen molar-refractivity contribution < 1.29 is 13.9 Å². The van der Waals surface area contributed by atoms with E-state index in [4.69, 9.17) is 22.1 Å². The summed E-state index contributed by atoms with van der Waals surface area (Å²) in [5.74, 6) is -0.786. The Hall–Kier alpha value is -0.940. The van der Waals surface area contributed by atoms with Crippen LogP contribution in [0.25, 0.3) is 0 Å². The second kappa shape index (κ2) is 7.74. The SMILES string of the molecule is CCCOC(=O)C(Sc1cc(N)c(F)cc1Cl)C(C)C. The minimum Gasteiger partial charge on any atom is -0.465 e. The first kappa shape index (κ1) is 17.1. The first-order chi connectivity index (χ1) is 9.36. The second-order valence-electron chi connectivity index (χ2n) is 4.75. The quantitative estimate of drug-likeness (QED) is 0.486. The molecule has 2 N–H and O–H groups in total. The van der Waals surface area contributed by atoms with Gasteiger partial charge in [0.2, 0.25) is 0 Å². The summed E-state index contributed by atoms with van der Waals surface area (Å²) >= 11 is 7.24. The number of hydrogen-bond acceptors (Lipinski definition) is 4. The molecule has 0 spiro atoms. The van der Waals surface area contributed by atoms with Crippen LogP contribution in [-0.2, 0) is 9.53 Å². The van der Waals surface area contributed by atoms with Crippen molar-refractivity contribution in [3.63, 3.8) is 0 Å². The van der Waals surface area contributed by atoms with Gasteiger partial charge in [-0.05, 0) is 24.5 Å². The van der Waals surface area contributed by atoms with Crippen LogP contribution in [0.4, 0.5) is 10.1 Å². The van der Waals surface area contributed by atoms with E-state index in [9.17, 15) is 9.18 Å². The summed E-state index contributed by atoms with van der Waals surface area (Å²) in [5, 5.41) is -0.153. The van der Waals surface area contributed by atoms with E-state index in [0.29, 0.717) is 11.5 Å². The summed E-state index contributed by atoms with van der Waals surface area (Å²) in [6.07, 6.45) is 0.769. The highest BCUT2D eigenvalue weighted by Crippen LogP contribution is 2.36. The molecule has 0 saturated heterocycles. The van der Waals surface area contributed by atoms with Crippen LogP contribution >= 0.6 is 23.4 Å². The molecule has 0 bridgehead atoms. The molecule has 0 fully saturated rings. The molecule has 0 aromatic heterocycles. The van der Waals surface area contributed by atoms with Crippen molar-refractivity contribution >= 4 is 35.0 Å². The number of carbonyl (C=O) groups excluding carboxylic acids is 1. The zero-order valence-electron chi connectivity index (χ0n) is 11.8. The van der Waals surface area contributed by atoms with Crippen LogP contribution in [0.15, 0.2) is 17.0 Å². The smallest absolute Gasteiger partial charge is 0.319 e. The lowest BCUT2D eigenvalue weighted by atomic mass is 10.1. The van der Waals surface area contributed by atoms with Crippen LogP contribution in [0.1, 0.15) is 27.2 Å². The molecule has 6 heteroatoms. The third-order valence-corrected chi connectivity index (χ3v) is 4.60. The molecule has 1 atom stereocenters. The monoisotopic (exact) mass is 319 g/mol. The summed E-state index contributed by atoms with van der Waals surface area (Å²) in [6, 6.07) is 2.61. The van der Waals surface area contributed by atoms with Gasteiger partial charge in [-0.15, -0.1) is 11.8 Å². The Bertz CT molecular complexity index is 482. The van der Waals surface area contributed by atoms with Crippen molar-refractivity contribution in [3.8, 4) is 0 Å². The maximum absolute atomic E-state index is 13.3. The largest absolute Gasteiger partial charge is 0.465 e. The normalized spacial score (nSPS) is 12.5. The zero-order valence-corrected chi connectivity index (χ0v) is 13.4. The second-order valence-corrected chi connectivity index (χ2v) is 6.34. The van der Waals surface area contributed by atoms with Gasteiger partial charge in [-0.25, -0.2) is 4.39 Å². The lowest BCUT2D eigenvalue weighted by molar-refractivity contribution is -0.143. The summed E-state index contributed by atoms with van der Waals surface area (Å²) in [4.78, 5) is 12.6. The van der Waals surface area contributed by atoms with E-state index in [1.807, 2.05) is 20.8 Å². The van der Waals surface area contributed by atoms with E-state index in [-0.39, 0.29) is 22.6 Å². The van der Waals surface area contributed by atoms with E-state index in [0.717, 1.165) is 12.5 Å². The Labute approximate surface area is 128 Å². The topological polar surface area (TPSA) is 52.3 Å². The molecule has 112 valence electrons. The van der Waals surface area contributed by atoms with Crippen molar-refractivity contribution in [3.05, 3.63) is 23.0 Å². The first-order valence-electron chi connectivity index (χ1n) is 6.44. The fourth-order valence-corrected chi connectivity index (χ4v) is 2.87. The van der Waals surface area contributed by atoms with Crippen LogP contribution < -0.4 is 5.73 Å². The molecule has 0 amide bonds. The van der Waals surface area contributed by atoms with Gasteiger partial charge in [-0.3, -0.25) is 4.79 Å². The molecule has 0 heterocycles.